The maximum atomic E-state index is 10.9. The molecule has 0 aliphatic carbocycles. The van der Waals surface area contributed by atoms with Crippen molar-refractivity contribution in [3.8, 4) is 0 Å². The van der Waals surface area contributed by atoms with E-state index >= 15 is 0 Å². The van der Waals surface area contributed by atoms with E-state index in [1.165, 1.54) is 0 Å². The molecule has 0 saturated carbocycles. The first-order valence-corrected chi connectivity index (χ1v) is 5.53. The van der Waals surface area contributed by atoms with E-state index in [1.807, 2.05) is 23.8 Å². The molecular formula is C13H14N2O2. The number of aromatic carboxylic acids is 1. The van der Waals surface area contributed by atoms with Crippen LogP contribution in [-0.4, -0.2) is 20.6 Å². The molecule has 88 valence electrons. The van der Waals surface area contributed by atoms with Gasteiger partial charge in [0, 0.05) is 25.4 Å². The van der Waals surface area contributed by atoms with E-state index in [0.29, 0.717) is 12.1 Å². The molecule has 0 bridgehead atoms. The monoisotopic (exact) mass is 230 g/mol. The summed E-state index contributed by atoms with van der Waals surface area (Å²) in [6, 6.07) is 6.98. The maximum absolute atomic E-state index is 10.9. The van der Waals surface area contributed by atoms with Gasteiger partial charge in [-0.25, -0.2) is 9.78 Å². The zero-order chi connectivity index (χ0) is 12.3. The molecule has 0 fully saturated rings. The van der Waals surface area contributed by atoms with Gasteiger partial charge in [-0.1, -0.05) is 19.1 Å². The first-order valence-electron chi connectivity index (χ1n) is 5.53. The number of hydrogen-bond acceptors (Lipinski definition) is 2. The second kappa shape index (κ2) is 4.82. The summed E-state index contributed by atoms with van der Waals surface area (Å²) in [5, 5.41) is 8.92. The van der Waals surface area contributed by atoms with Gasteiger partial charge in [-0.3, -0.25) is 0 Å². The zero-order valence-electron chi connectivity index (χ0n) is 9.63. The standard InChI is InChI=1S/C13H14N2O2/c1-2-12-14-6-7-15(12)9-10-4-3-5-11(8-10)13(16)17/h3-8H,2,9H2,1H3,(H,16,17). The van der Waals surface area contributed by atoms with Crippen LogP contribution in [0, 0.1) is 0 Å². The van der Waals surface area contributed by atoms with Crippen molar-refractivity contribution >= 4 is 5.97 Å². The van der Waals surface area contributed by atoms with Gasteiger partial charge in [0.15, 0.2) is 0 Å². The molecule has 0 unspecified atom stereocenters. The van der Waals surface area contributed by atoms with Crippen LogP contribution in [0.25, 0.3) is 0 Å². The third-order valence-electron chi connectivity index (χ3n) is 2.64. The van der Waals surface area contributed by atoms with Crippen molar-refractivity contribution in [1.29, 1.82) is 0 Å². The van der Waals surface area contributed by atoms with Gasteiger partial charge in [-0.2, -0.15) is 0 Å². The maximum Gasteiger partial charge on any atom is 0.335 e. The Morgan fingerprint density at radius 3 is 3.00 bits per heavy atom. The SMILES string of the molecule is CCc1nccn1Cc1cccc(C(=O)O)c1. The van der Waals surface area contributed by atoms with Crippen molar-refractivity contribution in [2.45, 2.75) is 19.9 Å². The third-order valence-corrected chi connectivity index (χ3v) is 2.64. The number of carboxylic acids is 1. The Kier molecular flexibility index (Phi) is 3.23. The number of carboxylic acid groups (broad SMARTS) is 1. The van der Waals surface area contributed by atoms with Crippen molar-refractivity contribution in [3.05, 3.63) is 53.6 Å². The number of benzene rings is 1. The van der Waals surface area contributed by atoms with E-state index in [-0.39, 0.29) is 0 Å². The van der Waals surface area contributed by atoms with Crippen LogP contribution in [0.4, 0.5) is 0 Å². The Labute approximate surface area is 99.5 Å². The number of imidazole rings is 1. The fourth-order valence-corrected chi connectivity index (χ4v) is 1.80. The van der Waals surface area contributed by atoms with Crippen molar-refractivity contribution in [1.82, 2.24) is 9.55 Å². The summed E-state index contributed by atoms with van der Waals surface area (Å²) < 4.78 is 2.03. The fourth-order valence-electron chi connectivity index (χ4n) is 1.80. The zero-order valence-corrected chi connectivity index (χ0v) is 9.63. The number of aromatic nitrogens is 2. The molecule has 4 heteroatoms. The van der Waals surface area contributed by atoms with Crippen molar-refractivity contribution < 1.29 is 9.90 Å². The lowest BCUT2D eigenvalue weighted by Gasteiger charge is -2.07. The molecule has 1 heterocycles. The predicted octanol–water partition coefficient (Wildman–Crippen LogP) is 2.19. The van der Waals surface area contributed by atoms with Crippen molar-refractivity contribution in [2.24, 2.45) is 0 Å². The van der Waals surface area contributed by atoms with E-state index in [1.54, 1.807) is 24.4 Å². The summed E-state index contributed by atoms with van der Waals surface area (Å²) in [5.74, 6) is 0.110. The summed E-state index contributed by atoms with van der Waals surface area (Å²) >= 11 is 0. The minimum atomic E-state index is -0.895. The van der Waals surface area contributed by atoms with Crippen molar-refractivity contribution in [3.63, 3.8) is 0 Å². The van der Waals surface area contributed by atoms with Crippen LogP contribution in [-0.2, 0) is 13.0 Å². The minimum Gasteiger partial charge on any atom is -0.478 e. The lowest BCUT2D eigenvalue weighted by Crippen LogP contribution is -2.04. The van der Waals surface area contributed by atoms with E-state index in [9.17, 15) is 4.79 Å². The van der Waals surface area contributed by atoms with E-state index in [0.717, 1.165) is 17.8 Å². The number of aryl methyl sites for hydroxylation is 1. The van der Waals surface area contributed by atoms with Gasteiger partial charge in [0.25, 0.3) is 0 Å². The highest BCUT2D eigenvalue weighted by atomic mass is 16.4. The summed E-state index contributed by atoms with van der Waals surface area (Å²) in [4.78, 5) is 15.1. The first kappa shape index (κ1) is 11.4. The first-order chi connectivity index (χ1) is 8.20. The molecule has 0 aliphatic rings. The quantitative estimate of drug-likeness (QED) is 0.876. The highest BCUT2D eigenvalue weighted by Crippen LogP contribution is 2.09. The van der Waals surface area contributed by atoms with Crippen LogP contribution in [0.15, 0.2) is 36.7 Å². The predicted molar refractivity (Wildman–Crippen MR) is 64.1 cm³/mol. The number of hydrogen-bond donors (Lipinski definition) is 1. The van der Waals surface area contributed by atoms with E-state index in [2.05, 4.69) is 4.98 Å². The van der Waals surface area contributed by atoms with Gasteiger partial charge in [0.1, 0.15) is 5.82 Å². The van der Waals surface area contributed by atoms with Gasteiger partial charge in [0.2, 0.25) is 0 Å². The van der Waals surface area contributed by atoms with Crippen LogP contribution >= 0.6 is 0 Å². The molecule has 0 spiro atoms. The number of rotatable bonds is 4. The summed E-state index contributed by atoms with van der Waals surface area (Å²) in [6.07, 6.45) is 4.54. The van der Waals surface area contributed by atoms with Crippen LogP contribution in [0.5, 0.6) is 0 Å². The molecule has 0 atom stereocenters. The molecule has 0 aliphatic heterocycles. The minimum absolute atomic E-state index is 0.320. The smallest absolute Gasteiger partial charge is 0.335 e. The van der Waals surface area contributed by atoms with Crippen LogP contribution in [0.3, 0.4) is 0 Å². The second-order valence-electron chi connectivity index (χ2n) is 3.83. The van der Waals surface area contributed by atoms with Gasteiger partial charge >= 0.3 is 5.97 Å². The molecule has 2 aromatic rings. The van der Waals surface area contributed by atoms with Crippen LogP contribution < -0.4 is 0 Å². The molecule has 1 N–H and O–H groups in total. The molecule has 0 saturated heterocycles. The number of nitrogens with zero attached hydrogens (tertiary/aromatic N) is 2. The van der Waals surface area contributed by atoms with Gasteiger partial charge in [-0.15, -0.1) is 0 Å². The average molecular weight is 230 g/mol. The Bertz CT molecular complexity index is 532. The van der Waals surface area contributed by atoms with Crippen LogP contribution in [0.2, 0.25) is 0 Å². The average Bonchev–Trinajstić information content (AvgIpc) is 2.76. The Morgan fingerprint density at radius 2 is 2.29 bits per heavy atom. The van der Waals surface area contributed by atoms with Gasteiger partial charge in [-0.05, 0) is 17.7 Å². The van der Waals surface area contributed by atoms with E-state index < -0.39 is 5.97 Å². The summed E-state index contributed by atoms with van der Waals surface area (Å²) in [5.41, 5.74) is 1.29. The largest absolute Gasteiger partial charge is 0.478 e. The Morgan fingerprint density at radius 1 is 1.47 bits per heavy atom. The highest BCUT2D eigenvalue weighted by Gasteiger charge is 2.05. The summed E-state index contributed by atoms with van der Waals surface area (Å²) in [6.45, 7) is 2.71. The molecule has 1 aromatic carbocycles. The molecule has 4 nitrogen and oxygen atoms in total. The lowest BCUT2D eigenvalue weighted by atomic mass is 10.1. The topological polar surface area (TPSA) is 55.1 Å². The van der Waals surface area contributed by atoms with Gasteiger partial charge < -0.3 is 9.67 Å². The van der Waals surface area contributed by atoms with Gasteiger partial charge in [0.05, 0.1) is 5.56 Å². The summed E-state index contributed by atoms with van der Waals surface area (Å²) in [7, 11) is 0. The van der Waals surface area contributed by atoms with Crippen LogP contribution in [0.1, 0.15) is 28.7 Å². The van der Waals surface area contributed by atoms with Crippen molar-refractivity contribution in [2.75, 3.05) is 0 Å². The Balaban J connectivity index is 2.24. The fraction of sp³-hybridized carbons (Fsp3) is 0.231. The van der Waals surface area contributed by atoms with E-state index in [4.69, 9.17) is 5.11 Å². The Hall–Kier alpha value is -2.10. The molecule has 1 aromatic heterocycles. The second-order valence-corrected chi connectivity index (χ2v) is 3.83. The molecule has 0 amide bonds. The third kappa shape index (κ3) is 2.53. The normalized spacial score (nSPS) is 10.4. The molecular weight excluding hydrogens is 216 g/mol. The molecule has 0 radical (unpaired) electrons. The lowest BCUT2D eigenvalue weighted by molar-refractivity contribution is 0.0696. The molecule has 2 rings (SSSR count). The highest BCUT2D eigenvalue weighted by molar-refractivity contribution is 5.87. The number of carbonyl (C=O) groups is 1. The molecule has 17 heavy (non-hydrogen) atoms.